The monoisotopic (exact) mass is 691 g/mol. The molecule has 0 aromatic rings. The van der Waals surface area contributed by atoms with Crippen molar-refractivity contribution in [1.82, 2.24) is 5.32 Å². The zero-order valence-electron chi connectivity index (χ0n) is 31.0. The summed E-state index contributed by atoms with van der Waals surface area (Å²) in [4.78, 5) is 22.6. The molecule has 0 saturated carbocycles. The van der Waals surface area contributed by atoms with E-state index in [1.54, 1.807) is 0 Å². The SMILES string of the molecule is CCCCCCCCCCCCCCCCC(=O)N[C@@H](COP(=O)(O)OCCN)[C@H](O)CCCCCCCCCCCCCCCC. The standard InChI is InChI=1S/C38H79N2O6P/c1-3-5-7-9-11-13-15-17-19-21-23-25-27-29-31-37(41)36(35-46-47(43,44)45-34-33-39)40-38(42)32-30-28-26-24-22-20-18-16-14-12-10-8-6-4-2/h36-37,41H,3-35,39H2,1-2H3,(H,40,42)(H,43,44)/t36-,37+/m0/s1. The van der Waals surface area contributed by atoms with Crippen LogP contribution in [0.1, 0.15) is 206 Å². The van der Waals surface area contributed by atoms with Crippen LogP contribution in [-0.2, 0) is 18.4 Å². The summed E-state index contributed by atoms with van der Waals surface area (Å²) in [5, 5.41) is 13.8. The number of hydrogen-bond acceptors (Lipinski definition) is 6. The Kier molecular flexibility index (Phi) is 35.0. The van der Waals surface area contributed by atoms with Crippen molar-refractivity contribution in [3.05, 3.63) is 0 Å². The first-order chi connectivity index (χ1) is 22.9. The van der Waals surface area contributed by atoms with Crippen molar-refractivity contribution >= 4 is 13.7 Å². The zero-order chi connectivity index (χ0) is 34.7. The Morgan fingerprint density at radius 1 is 0.617 bits per heavy atom. The van der Waals surface area contributed by atoms with Crippen molar-refractivity contribution in [2.45, 2.75) is 219 Å². The fraction of sp³-hybridized carbons (Fsp3) is 0.974. The van der Waals surface area contributed by atoms with Gasteiger partial charge in [-0.1, -0.05) is 187 Å². The average molecular weight is 691 g/mol. The first-order valence-corrected chi connectivity index (χ1v) is 21.6. The minimum atomic E-state index is -4.30. The van der Waals surface area contributed by atoms with E-state index in [0.717, 1.165) is 38.5 Å². The van der Waals surface area contributed by atoms with Crippen molar-refractivity contribution in [2.75, 3.05) is 19.8 Å². The van der Waals surface area contributed by atoms with Crippen LogP contribution in [0.2, 0.25) is 0 Å². The second-order valence-corrected chi connectivity index (χ2v) is 15.3. The molecule has 0 fully saturated rings. The third-order valence-corrected chi connectivity index (χ3v) is 10.2. The third kappa shape index (κ3) is 33.8. The lowest BCUT2D eigenvalue weighted by Crippen LogP contribution is -2.46. The van der Waals surface area contributed by atoms with Gasteiger partial charge in [0.25, 0.3) is 0 Å². The van der Waals surface area contributed by atoms with Gasteiger partial charge in [0.05, 0.1) is 25.4 Å². The number of rotatable bonds is 38. The quantitative estimate of drug-likeness (QED) is 0.0374. The molecule has 8 nitrogen and oxygen atoms in total. The minimum Gasteiger partial charge on any atom is -0.391 e. The van der Waals surface area contributed by atoms with Crippen molar-refractivity contribution in [1.29, 1.82) is 0 Å². The smallest absolute Gasteiger partial charge is 0.391 e. The highest BCUT2D eigenvalue weighted by atomic mass is 31.2. The van der Waals surface area contributed by atoms with Crippen LogP contribution in [0, 0.1) is 0 Å². The van der Waals surface area contributed by atoms with Crippen LogP contribution >= 0.6 is 7.82 Å². The molecule has 9 heteroatoms. The third-order valence-electron chi connectivity index (χ3n) is 9.21. The van der Waals surface area contributed by atoms with Crippen LogP contribution < -0.4 is 11.1 Å². The number of aliphatic hydroxyl groups excluding tert-OH is 1. The van der Waals surface area contributed by atoms with E-state index in [0.29, 0.717) is 12.8 Å². The largest absolute Gasteiger partial charge is 0.472 e. The summed E-state index contributed by atoms with van der Waals surface area (Å²) < 4.78 is 22.1. The number of carbonyl (C=O) groups excluding carboxylic acids is 1. The second kappa shape index (κ2) is 35.3. The molecule has 0 aliphatic carbocycles. The molecule has 5 N–H and O–H groups in total. The van der Waals surface area contributed by atoms with Crippen LogP contribution in [0.4, 0.5) is 0 Å². The number of carbonyl (C=O) groups is 1. The van der Waals surface area contributed by atoms with Crippen LogP contribution in [0.15, 0.2) is 0 Å². The number of nitrogens with two attached hydrogens (primary N) is 1. The Labute approximate surface area is 291 Å². The first-order valence-electron chi connectivity index (χ1n) is 20.2. The van der Waals surface area contributed by atoms with E-state index < -0.39 is 20.0 Å². The normalized spacial score (nSPS) is 14.2. The Balaban J connectivity index is 4.18. The fourth-order valence-electron chi connectivity index (χ4n) is 6.14. The topological polar surface area (TPSA) is 131 Å². The van der Waals surface area contributed by atoms with Crippen molar-refractivity contribution in [3.8, 4) is 0 Å². The highest BCUT2D eigenvalue weighted by Crippen LogP contribution is 2.43. The number of aliphatic hydroxyl groups is 1. The maximum absolute atomic E-state index is 12.7. The Hall–Kier alpha value is -0.500. The van der Waals surface area contributed by atoms with E-state index in [9.17, 15) is 19.4 Å². The minimum absolute atomic E-state index is 0.0923. The van der Waals surface area contributed by atoms with Gasteiger partial charge in [-0.2, -0.15) is 0 Å². The zero-order valence-corrected chi connectivity index (χ0v) is 31.9. The van der Waals surface area contributed by atoms with Crippen molar-refractivity contribution < 1.29 is 28.4 Å². The molecule has 0 spiro atoms. The van der Waals surface area contributed by atoms with Gasteiger partial charge in [0.2, 0.25) is 5.91 Å². The molecular formula is C38H79N2O6P. The van der Waals surface area contributed by atoms with Crippen LogP contribution in [0.5, 0.6) is 0 Å². The predicted molar refractivity (Wildman–Crippen MR) is 199 cm³/mol. The Bertz CT molecular complexity index is 714. The Morgan fingerprint density at radius 3 is 1.36 bits per heavy atom. The lowest BCUT2D eigenvalue weighted by molar-refractivity contribution is -0.123. The van der Waals surface area contributed by atoms with Crippen molar-refractivity contribution in [3.63, 3.8) is 0 Å². The average Bonchev–Trinajstić information content (AvgIpc) is 3.05. The molecule has 0 rings (SSSR count). The van der Waals surface area contributed by atoms with Gasteiger partial charge in [-0.05, 0) is 12.8 Å². The summed E-state index contributed by atoms with van der Waals surface area (Å²) >= 11 is 0. The number of nitrogens with one attached hydrogen (secondary N) is 1. The van der Waals surface area contributed by atoms with E-state index in [2.05, 4.69) is 19.2 Å². The lowest BCUT2D eigenvalue weighted by atomic mass is 10.0. The summed E-state index contributed by atoms with van der Waals surface area (Å²) in [6.45, 7) is 4.22. The highest BCUT2D eigenvalue weighted by molar-refractivity contribution is 7.47. The van der Waals surface area contributed by atoms with Gasteiger partial charge in [-0.15, -0.1) is 0 Å². The van der Waals surface area contributed by atoms with Gasteiger partial charge in [0.15, 0.2) is 0 Å². The molecular weight excluding hydrogens is 611 g/mol. The van der Waals surface area contributed by atoms with Crippen LogP contribution in [0.25, 0.3) is 0 Å². The maximum Gasteiger partial charge on any atom is 0.472 e. The molecule has 0 aliphatic heterocycles. The predicted octanol–water partition coefficient (Wildman–Crippen LogP) is 10.7. The van der Waals surface area contributed by atoms with Crippen molar-refractivity contribution in [2.24, 2.45) is 5.73 Å². The molecule has 3 atom stereocenters. The van der Waals surface area contributed by atoms with Crippen LogP contribution in [-0.4, -0.2) is 47.8 Å². The number of phosphoric acid groups is 1. The number of hydrogen-bond donors (Lipinski definition) is 4. The van der Waals surface area contributed by atoms with E-state index in [1.165, 1.54) is 141 Å². The molecule has 0 bridgehead atoms. The maximum atomic E-state index is 12.7. The van der Waals surface area contributed by atoms with E-state index >= 15 is 0 Å². The molecule has 0 heterocycles. The van der Waals surface area contributed by atoms with E-state index in [4.69, 9.17) is 14.8 Å². The molecule has 0 aromatic heterocycles. The molecule has 282 valence electrons. The molecule has 1 unspecified atom stereocenters. The van der Waals surface area contributed by atoms with Gasteiger partial charge in [0.1, 0.15) is 0 Å². The number of phosphoric ester groups is 1. The highest BCUT2D eigenvalue weighted by Gasteiger charge is 2.27. The second-order valence-electron chi connectivity index (χ2n) is 13.9. The molecule has 0 radical (unpaired) electrons. The van der Waals surface area contributed by atoms with Gasteiger partial charge in [0, 0.05) is 13.0 Å². The van der Waals surface area contributed by atoms with Crippen LogP contribution in [0.3, 0.4) is 0 Å². The summed E-state index contributed by atoms with van der Waals surface area (Å²) in [6.07, 6.45) is 35.3. The summed E-state index contributed by atoms with van der Waals surface area (Å²) in [6, 6.07) is -0.766. The lowest BCUT2D eigenvalue weighted by Gasteiger charge is -2.25. The fourth-order valence-corrected chi connectivity index (χ4v) is 6.90. The summed E-state index contributed by atoms with van der Waals surface area (Å²) in [5.74, 6) is -0.159. The van der Waals surface area contributed by atoms with Gasteiger partial charge < -0.3 is 21.1 Å². The van der Waals surface area contributed by atoms with Gasteiger partial charge in [-0.3, -0.25) is 13.8 Å². The molecule has 1 amide bonds. The molecule has 47 heavy (non-hydrogen) atoms. The first kappa shape index (κ1) is 46.5. The number of amides is 1. The molecule has 0 saturated heterocycles. The molecule has 0 aromatic carbocycles. The van der Waals surface area contributed by atoms with E-state index in [-0.39, 0.29) is 25.7 Å². The molecule has 0 aliphatic rings. The summed E-state index contributed by atoms with van der Waals surface area (Å²) in [7, 11) is -4.30. The van der Waals surface area contributed by atoms with Gasteiger partial charge >= 0.3 is 7.82 Å². The van der Waals surface area contributed by atoms with E-state index in [1.807, 2.05) is 0 Å². The Morgan fingerprint density at radius 2 is 0.979 bits per heavy atom. The summed E-state index contributed by atoms with van der Waals surface area (Å²) in [5.41, 5.74) is 5.37. The van der Waals surface area contributed by atoms with Gasteiger partial charge in [-0.25, -0.2) is 4.57 Å². The number of unbranched alkanes of at least 4 members (excludes halogenated alkanes) is 26.